The molecule has 1 saturated heterocycles. The summed E-state index contributed by atoms with van der Waals surface area (Å²) in [6.07, 6.45) is 2.01. The normalized spacial score (nSPS) is 21.4. The van der Waals surface area contributed by atoms with Crippen molar-refractivity contribution in [2.45, 2.75) is 46.1 Å². The summed E-state index contributed by atoms with van der Waals surface area (Å²) in [7, 11) is -3.40. The van der Waals surface area contributed by atoms with Gasteiger partial charge in [0.25, 0.3) is 10.2 Å². The van der Waals surface area contributed by atoms with Gasteiger partial charge >= 0.3 is 0 Å². The van der Waals surface area contributed by atoms with Crippen LogP contribution in [0.5, 0.6) is 0 Å². The first-order valence-electron chi connectivity index (χ1n) is 6.11. The van der Waals surface area contributed by atoms with Crippen LogP contribution < -0.4 is 14.8 Å². The lowest BCUT2D eigenvalue weighted by molar-refractivity contribution is 0.231. The first-order valence-corrected chi connectivity index (χ1v) is 7.60. The second kappa shape index (κ2) is 5.22. The fourth-order valence-corrected chi connectivity index (χ4v) is 3.33. The molecule has 1 aliphatic heterocycles. The molecule has 0 amide bonds. The highest BCUT2D eigenvalue weighted by atomic mass is 32.2. The number of piperidine rings is 1. The van der Waals surface area contributed by atoms with Gasteiger partial charge < -0.3 is 5.32 Å². The maximum atomic E-state index is 11.8. The molecule has 0 aliphatic carbocycles. The molecular formula is C11H25N3O2S. The number of nitrogens with one attached hydrogen (secondary N) is 3. The van der Waals surface area contributed by atoms with E-state index in [-0.39, 0.29) is 5.41 Å². The van der Waals surface area contributed by atoms with Gasteiger partial charge in [0, 0.05) is 12.1 Å². The Morgan fingerprint density at radius 2 is 1.76 bits per heavy atom. The van der Waals surface area contributed by atoms with Crippen molar-refractivity contribution in [3.63, 3.8) is 0 Å². The molecule has 102 valence electrons. The van der Waals surface area contributed by atoms with Crippen LogP contribution >= 0.6 is 0 Å². The van der Waals surface area contributed by atoms with Gasteiger partial charge in [-0.25, -0.2) is 4.72 Å². The largest absolute Gasteiger partial charge is 0.317 e. The summed E-state index contributed by atoms with van der Waals surface area (Å²) in [6, 6.07) is 0. The lowest BCUT2D eigenvalue weighted by Gasteiger charge is -2.34. The molecule has 1 aliphatic rings. The zero-order valence-electron chi connectivity index (χ0n) is 11.3. The zero-order chi connectivity index (χ0) is 13.2. The monoisotopic (exact) mass is 263 g/mol. The van der Waals surface area contributed by atoms with E-state index in [2.05, 4.69) is 21.7 Å². The van der Waals surface area contributed by atoms with Crippen molar-refractivity contribution in [2.24, 2.45) is 5.41 Å². The Balaban J connectivity index is 2.49. The first kappa shape index (κ1) is 14.9. The smallest absolute Gasteiger partial charge is 0.277 e. The van der Waals surface area contributed by atoms with Crippen LogP contribution in [-0.4, -0.2) is 33.6 Å². The Labute approximate surface area is 105 Å². The van der Waals surface area contributed by atoms with Crippen LogP contribution in [0.1, 0.15) is 40.5 Å². The van der Waals surface area contributed by atoms with Crippen molar-refractivity contribution in [1.29, 1.82) is 0 Å². The Morgan fingerprint density at radius 3 is 2.24 bits per heavy atom. The van der Waals surface area contributed by atoms with Crippen molar-refractivity contribution in [2.75, 3.05) is 19.6 Å². The maximum absolute atomic E-state index is 11.8. The van der Waals surface area contributed by atoms with Crippen LogP contribution in [0.25, 0.3) is 0 Å². The quantitative estimate of drug-likeness (QED) is 0.695. The van der Waals surface area contributed by atoms with Gasteiger partial charge in [-0.05, 0) is 52.1 Å². The molecule has 0 aromatic heterocycles. The summed E-state index contributed by atoms with van der Waals surface area (Å²) in [6.45, 7) is 10.1. The van der Waals surface area contributed by atoms with Crippen molar-refractivity contribution in [1.82, 2.24) is 14.8 Å². The van der Waals surface area contributed by atoms with Crippen LogP contribution in [-0.2, 0) is 10.2 Å². The number of rotatable bonds is 4. The van der Waals surface area contributed by atoms with Gasteiger partial charge in [0.05, 0.1) is 0 Å². The minimum Gasteiger partial charge on any atom is -0.317 e. The average Bonchev–Trinajstić information content (AvgIpc) is 2.13. The lowest BCUT2D eigenvalue weighted by atomic mass is 9.81. The fraction of sp³-hybridized carbons (Fsp3) is 1.00. The van der Waals surface area contributed by atoms with Crippen LogP contribution in [0.4, 0.5) is 0 Å². The molecule has 1 rings (SSSR count). The Bertz CT molecular complexity index is 340. The van der Waals surface area contributed by atoms with Crippen molar-refractivity contribution in [3.05, 3.63) is 0 Å². The average molecular weight is 263 g/mol. The Kier molecular flexibility index (Phi) is 4.57. The van der Waals surface area contributed by atoms with Gasteiger partial charge in [-0.1, -0.05) is 6.92 Å². The molecule has 6 heteroatoms. The molecule has 1 fully saturated rings. The third-order valence-electron chi connectivity index (χ3n) is 2.94. The third kappa shape index (κ3) is 5.81. The van der Waals surface area contributed by atoms with Gasteiger partial charge in [-0.3, -0.25) is 0 Å². The van der Waals surface area contributed by atoms with E-state index >= 15 is 0 Å². The van der Waals surface area contributed by atoms with Crippen LogP contribution in [0.2, 0.25) is 0 Å². The van der Waals surface area contributed by atoms with E-state index in [9.17, 15) is 8.42 Å². The molecule has 0 spiro atoms. The highest BCUT2D eigenvalue weighted by molar-refractivity contribution is 7.87. The van der Waals surface area contributed by atoms with Gasteiger partial charge in [-0.15, -0.1) is 0 Å². The Morgan fingerprint density at radius 1 is 1.24 bits per heavy atom. The van der Waals surface area contributed by atoms with E-state index in [1.807, 2.05) is 20.8 Å². The summed E-state index contributed by atoms with van der Waals surface area (Å²) in [5.74, 6) is 0. The fourth-order valence-electron chi connectivity index (χ4n) is 1.92. The molecule has 0 atom stereocenters. The molecule has 3 N–H and O–H groups in total. The predicted octanol–water partition coefficient (Wildman–Crippen LogP) is 0.599. The maximum Gasteiger partial charge on any atom is 0.277 e. The SMILES string of the molecule is CC1(CNS(=O)(=O)NC(C)(C)C)CCNCC1. The predicted molar refractivity (Wildman–Crippen MR) is 70.0 cm³/mol. The van der Waals surface area contributed by atoms with Crippen molar-refractivity contribution < 1.29 is 8.42 Å². The second-order valence-corrected chi connectivity index (χ2v) is 7.74. The molecule has 17 heavy (non-hydrogen) atoms. The summed E-state index contributed by atoms with van der Waals surface area (Å²) < 4.78 is 28.8. The molecule has 0 unspecified atom stereocenters. The van der Waals surface area contributed by atoms with Gasteiger partial charge in [0.15, 0.2) is 0 Å². The van der Waals surface area contributed by atoms with Crippen LogP contribution in [0.3, 0.4) is 0 Å². The van der Waals surface area contributed by atoms with Crippen LogP contribution in [0, 0.1) is 5.41 Å². The minimum absolute atomic E-state index is 0.0673. The highest BCUT2D eigenvalue weighted by Gasteiger charge is 2.29. The Hall–Kier alpha value is -0.170. The summed E-state index contributed by atoms with van der Waals surface area (Å²) >= 11 is 0. The molecule has 5 nitrogen and oxygen atoms in total. The molecule has 0 aromatic carbocycles. The second-order valence-electron chi connectivity index (χ2n) is 6.24. The molecule has 0 bridgehead atoms. The van der Waals surface area contributed by atoms with E-state index < -0.39 is 15.7 Å². The molecule has 1 heterocycles. The van der Waals surface area contributed by atoms with E-state index in [4.69, 9.17) is 0 Å². The minimum atomic E-state index is -3.40. The third-order valence-corrected chi connectivity index (χ3v) is 4.35. The van der Waals surface area contributed by atoms with Gasteiger partial charge in [0.1, 0.15) is 0 Å². The lowest BCUT2D eigenvalue weighted by Crippen LogP contribution is -2.50. The van der Waals surface area contributed by atoms with E-state index in [0.29, 0.717) is 6.54 Å². The molecule has 0 saturated carbocycles. The molecule has 0 radical (unpaired) electrons. The van der Waals surface area contributed by atoms with Gasteiger partial charge in [-0.2, -0.15) is 13.1 Å². The van der Waals surface area contributed by atoms with Gasteiger partial charge in [0.2, 0.25) is 0 Å². The van der Waals surface area contributed by atoms with E-state index in [1.54, 1.807) is 0 Å². The van der Waals surface area contributed by atoms with E-state index in [1.165, 1.54) is 0 Å². The van der Waals surface area contributed by atoms with Crippen molar-refractivity contribution >= 4 is 10.2 Å². The van der Waals surface area contributed by atoms with E-state index in [0.717, 1.165) is 25.9 Å². The van der Waals surface area contributed by atoms with Crippen LogP contribution in [0.15, 0.2) is 0 Å². The first-order chi connectivity index (χ1) is 7.62. The highest BCUT2D eigenvalue weighted by Crippen LogP contribution is 2.26. The summed E-state index contributed by atoms with van der Waals surface area (Å²) in [5.41, 5.74) is -0.376. The molecule has 0 aromatic rings. The van der Waals surface area contributed by atoms with Crippen molar-refractivity contribution in [3.8, 4) is 0 Å². The number of hydrogen-bond acceptors (Lipinski definition) is 3. The summed E-state index contributed by atoms with van der Waals surface area (Å²) in [5, 5.41) is 3.28. The topological polar surface area (TPSA) is 70.2 Å². The number of hydrogen-bond donors (Lipinski definition) is 3. The zero-order valence-corrected chi connectivity index (χ0v) is 12.1. The molecular weight excluding hydrogens is 238 g/mol. The summed E-state index contributed by atoms with van der Waals surface area (Å²) in [4.78, 5) is 0. The standard InChI is InChI=1S/C11H25N3O2S/c1-10(2,3)14-17(15,16)13-9-11(4)5-7-12-8-6-11/h12-14H,5-9H2,1-4H3.